The Labute approximate surface area is 121 Å². The van der Waals surface area contributed by atoms with E-state index in [1.54, 1.807) is 27.0 Å². The zero-order valence-electron chi connectivity index (χ0n) is 12.2. The molecule has 1 aromatic carbocycles. The first-order chi connectivity index (χ1) is 9.93. The molecule has 4 nitrogen and oxygen atoms in total. The van der Waals surface area contributed by atoms with E-state index in [0.29, 0.717) is 5.69 Å². The Balaban J connectivity index is 2.41. The number of aryl methyl sites for hydroxylation is 2. The molecular weight excluding hydrogens is 276 g/mol. The van der Waals surface area contributed by atoms with Crippen molar-refractivity contribution in [2.24, 2.45) is 0 Å². The van der Waals surface area contributed by atoms with E-state index in [4.69, 9.17) is 0 Å². The largest absolute Gasteiger partial charge is 0.348 e. The third-order valence-electron chi connectivity index (χ3n) is 3.42. The summed E-state index contributed by atoms with van der Waals surface area (Å²) in [5.41, 5.74) is 1.14. The average molecular weight is 293 g/mol. The first-order valence-electron chi connectivity index (χ1n) is 6.60. The molecule has 6 heteroatoms. The fourth-order valence-electron chi connectivity index (χ4n) is 2.31. The Morgan fingerprint density at radius 3 is 2.67 bits per heavy atom. The number of nitrogens with zero attached hydrogens (tertiary/aromatic N) is 2. The van der Waals surface area contributed by atoms with E-state index in [1.807, 2.05) is 0 Å². The number of hydrogen-bond acceptors (Lipinski definition) is 3. The van der Waals surface area contributed by atoms with Crippen LogP contribution in [-0.2, 0) is 6.54 Å². The predicted octanol–water partition coefficient (Wildman–Crippen LogP) is 2.10. The highest BCUT2D eigenvalue weighted by Crippen LogP contribution is 2.20. The van der Waals surface area contributed by atoms with Gasteiger partial charge in [0.05, 0.1) is 6.04 Å². The van der Waals surface area contributed by atoms with Gasteiger partial charge in [-0.2, -0.15) is 4.98 Å². The van der Waals surface area contributed by atoms with Crippen LogP contribution < -0.4 is 11.0 Å². The highest BCUT2D eigenvalue weighted by Gasteiger charge is 2.18. The second-order valence-corrected chi connectivity index (χ2v) is 4.92. The number of likely N-dealkylation sites (N-methyl/N-ethyl adjacent to an activating group) is 1. The maximum atomic E-state index is 13.9. The Morgan fingerprint density at radius 2 is 2.05 bits per heavy atom. The zero-order valence-corrected chi connectivity index (χ0v) is 12.2. The SMILES string of the molecule is CNC(Cn1c(C)cc(C)nc1=O)c1cccc(F)c1F. The van der Waals surface area contributed by atoms with Crippen LogP contribution in [0, 0.1) is 25.5 Å². The number of rotatable bonds is 4. The standard InChI is InChI=1S/C15H17F2N3O/c1-9-7-10(2)20(15(21)19-9)8-13(18-3)11-5-4-6-12(16)14(11)17/h4-7,13,18H,8H2,1-3H3. The number of nitrogens with one attached hydrogen (secondary N) is 1. The van der Waals surface area contributed by atoms with E-state index in [2.05, 4.69) is 10.3 Å². The van der Waals surface area contributed by atoms with Gasteiger partial charge in [-0.15, -0.1) is 0 Å². The molecule has 0 aliphatic rings. The summed E-state index contributed by atoms with van der Waals surface area (Å²) in [6.45, 7) is 3.69. The summed E-state index contributed by atoms with van der Waals surface area (Å²) < 4.78 is 28.7. The molecule has 0 saturated heterocycles. The summed E-state index contributed by atoms with van der Waals surface area (Å²) in [4.78, 5) is 15.8. The molecular formula is C15H17F2N3O. The molecule has 1 heterocycles. The van der Waals surface area contributed by atoms with Crippen LogP contribution in [0.2, 0.25) is 0 Å². The Morgan fingerprint density at radius 1 is 1.33 bits per heavy atom. The van der Waals surface area contributed by atoms with Gasteiger partial charge in [0.1, 0.15) is 0 Å². The maximum Gasteiger partial charge on any atom is 0.348 e. The summed E-state index contributed by atoms with van der Waals surface area (Å²) in [6.07, 6.45) is 0. The molecule has 1 aromatic heterocycles. The fourth-order valence-corrected chi connectivity index (χ4v) is 2.31. The molecule has 0 aliphatic heterocycles. The topological polar surface area (TPSA) is 46.9 Å². The smallest absolute Gasteiger partial charge is 0.311 e. The molecule has 2 rings (SSSR count). The molecule has 0 bridgehead atoms. The molecule has 21 heavy (non-hydrogen) atoms. The second kappa shape index (κ2) is 6.13. The van der Waals surface area contributed by atoms with Crippen LogP contribution in [-0.4, -0.2) is 16.6 Å². The molecule has 1 N–H and O–H groups in total. The van der Waals surface area contributed by atoms with Crippen molar-refractivity contribution in [3.05, 3.63) is 63.3 Å². The third-order valence-corrected chi connectivity index (χ3v) is 3.42. The fraction of sp³-hybridized carbons (Fsp3) is 0.333. The van der Waals surface area contributed by atoms with Gasteiger partial charge in [0.15, 0.2) is 11.6 Å². The van der Waals surface area contributed by atoms with Crippen molar-refractivity contribution in [1.82, 2.24) is 14.9 Å². The van der Waals surface area contributed by atoms with E-state index < -0.39 is 23.4 Å². The number of benzene rings is 1. The molecule has 0 saturated carbocycles. The van der Waals surface area contributed by atoms with Gasteiger partial charge in [0, 0.05) is 23.5 Å². The van der Waals surface area contributed by atoms with Gasteiger partial charge < -0.3 is 5.32 Å². The van der Waals surface area contributed by atoms with Gasteiger partial charge in [-0.1, -0.05) is 12.1 Å². The molecule has 0 spiro atoms. The monoisotopic (exact) mass is 293 g/mol. The predicted molar refractivity (Wildman–Crippen MR) is 76.1 cm³/mol. The third kappa shape index (κ3) is 3.16. The van der Waals surface area contributed by atoms with Crippen LogP contribution >= 0.6 is 0 Å². The van der Waals surface area contributed by atoms with Crippen molar-refractivity contribution >= 4 is 0 Å². The minimum atomic E-state index is -0.904. The van der Waals surface area contributed by atoms with Gasteiger partial charge >= 0.3 is 5.69 Å². The Bertz CT molecular complexity index is 713. The van der Waals surface area contributed by atoms with Crippen LogP contribution in [0.4, 0.5) is 8.78 Å². The number of aromatic nitrogens is 2. The summed E-state index contributed by atoms with van der Waals surface area (Å²) in [6, 6.07) is 5.26. The molecule has 0 aliphatic carbocycles. The molecule has 0 fully saturated rings. The molecule has 0 radical (unpaired) electrons. The van der Waals surface area contributed by atoms with Crippen molar-refractivity contribution in [3.8, 4) is 0 Å². The van der Waals surface area contributed by atoms with Crippen LogP contribution in [0.5, 0.6) is 0 Å². The van der Waals surface area contributed by atoms with Gasteiger partial charge in [0.25, 0.3) is 0 Å². The lowest BCUT2D eigenvalue weighted by atomic mass is 10.1. The van der Waals surface area contributed by atoms with Crippen molar-refractivity contribution in [2.75, 3.05) is 7.05 Å². The highest BCUT2D eigenvalue weighted by molar-refractivity contribution is 5.22. The average Bonchev–Trinajstić information content (AvgIpc) is 2.42. The van der Waals surface area contributed by atoms with Crippen LogP contribution in [0.3, 0.4) is 0 Å². The van der Waals surface area contributed by atoms with Crippen molar-refractivity contribution in [3.63, 3.8) is 0 Å². The van der Waals surface area contributed by atoms with Crippen molar-refractivity contribution in [2.45, 2.75) is 26.4 Å². The maximum absolute atomic E-state index is 13.9. The summed E-state index contributed by atoms with van der Waals surface area (Å²) in [5, 5.41) is 2.91. The van der Waals surface area contributed by atoms with Gasteiger partial charge in [0.2, 0.25) is 0 Å². The first kappa shape index (κ1) is 15.3. The van der Waals surface area contributed by atoms with Crippen molar-refractivity contribution < 1.29 is 8.78 Å². The number of hydrogen-bond donors (Lipinski definition) is 1. The van der Waals surface area contributed by atoms with E-state index in [9.17, 15) is 13.6 Å². The number of halogens is 2. The van der Waals surface area contributed by atoms with E-state index in [1.165, 1.54) is 16.7 Å². The van der Waals surface area contributed by atoms with Gasteiger partial charge in [-0.25, -0.2) is 13.6 Å². The summed E-state index contributed by atoms with van der Waals surface area (Å²) >= 11 is 0. The van der Waals surface area contributed by atoms with E-state index in [0.717, 1.165) is 11.8 Å². The quantitative estimate of drug-likeness (QED) is 0.939. The lowest BCUT2D eigenvalue weighted by Gasteiger charge is -2.20. The molecule has 112 valence electrons. The minimum absolute atomic E-state index is 0.175. The van der Waals surface area contributed by atoms with Gasteiger partial charge in [-0.05, 0) is 33.0 Å². The normalized spacial score (nSPS) is 12.4. The second-order valence-electron chi connectivity index (χ2n) is 4.92. The van der Waals surface area contributed by atoms with E-state index >= 15 is 0 Å². The summed E-state index contributed by atoms with van der Waals surface area (Å²) in [7, 11) is 1.64. The van der Waals surface area contributed by atoms with Crippen molar-refractivity contribution in [1.29, 1.82) is 0 Å². The van der Waals surface area contributed by atoms with Crippen LogP contribution in [0.25, 0.3) is 0 Å². The van der Waals surface area contributed by atoms with Crippen LogP contribution in [0.1, 0.15) is 23.0 Å². The van der Waals surface area contributed by atoms with E-state index in [-0.39, 0.29) is 12.1 Å². The Hall–Kier alpha value is -2.08. The minimum Gasteiger partial charge on any atom is -0.311 e. The zero-order chi connectivity index (χ0) is 15.6. The lowest BCUT2D eigenvalue weighted by molar-refractivity contribution is 0.436. The summed E-state index contributed by atoms with van der Waals surface area (Å²) in [5.74, 6) is -1.80. The molecule has 0 amide bonds. The lowest BCUT2D eigenvalue weighted by Crippen LogP contribution is -2.32. The molecule has 2 aromatic rings. The first-order valence-corrected chi connectivity index (χ1v) is 6.60. The van der Waals surface area contributed by atoms with Gasteiger partial charge in [-0.3, -0.25) is 4.57 Å². The molecule has 1 unspecified atom stereocenters. The van der Waals surface area contributed by atoms with Crippen LogP contribution in [0.15, 0.2) is 29.1 Å². The Kier molecular flexibility index (Phi) is 4.47. The highest BCUT2D eigenvalue weighted by atomic mass is 19.2. The molecule has 1 atom stereocenters.